The van der Waals surface area contributed by atoms with Crippen LogP contribution in [0.2, 0.25) is 0 Å². The van der Waals surface area contributed by atoms with Gasteiger partial charge < -0.3 is 10.1 Å². The average Bonchev–Trinajstić information content (AvgIpc) is 3.05. The number of amides is 1. The molecule has 0 aliphatic rings. The van der Waals surface area contributed by atoms with Gasteiger partial charge >= 0.3 is 6.01 Å². The van der Waals surface area contributed by atoms with Gasteiger partial charge in [0.15, 0.2) is 5.82 Å². The van der Waals surface area contributed by atoms with E-state index in [1.807, 2.05) is 83.1 Å². The molecule has 0 radical (unpaired) electrons. The van der Waals surface area contributed by atoms with E-state index >= 15 is 0 Å². The summed E-state index contributed by atoms with van der Waals surface area (Å²) in [7, 11) is 0. The van der Waals surface area contributed by atoms with Gasteiger partial charge in [0.05, 0.1) is 11.8 Å². The molecule has 1 amide bonds. The molecule has 6 nitrogen and oxygen atoms in total. The molecule has 0 atom stereocenters. The lowest BCUT2D eigenvalue weighted by Gasteiger charge is -2.09. The van der Waals surface area contributed by atoms with Crippen LogP contribution in [0.4, 0.5) is 5.69 Å². The van der Waals surface area contributed by atoms with Crippen molar-refractivity contribution >= 4 is 11.6 Å². The molecular weight excluding hydrogens is 364 g/mol. The highest BCUT2D eigenvalue weighted by Gasteiger charge is 2.16. The third-order valence-corrected chi connectivity index (χ3v) is 4.23. The lowest BCUT2D eigenvalue weighted by molar-refractivity contribution is -0.116. The molecule has 1 heterocycles. The van der Waals surface area contributed by atoms with Crippen molar-refractivity contribution in [2.45, 2.75) is 47.1 Å². The number of ether oxygens (including phenoxy) is 1. The number of nitrogens with one attached hydrogen (secondary N) is 1. The second kappa shape index (κ2) is 8.90. The molecule has 0 fully saturated rings. The van der Waals surface area contributed by atoms with Crippen molar-refractivity contribution in [3.05, 3.63) is 54.1 Å². The number of hydrogen-bond acceptors (Lipinski definition) is 4. The Kier molecular flexibility index (Phi) is 6.32. The number of carbonyl (C=O) groups excluding carboxylic acids is 1. The first-order valence-electron chi connectivity index (χ1n) is 9.93. The number of carbonyl (C=O) groups is 1. The fourth-order valence-electron chi connectivity index (χ4n) is 2.89. The Labute approximate surface area is 171 Å². The van der Waals surface area contributed by atoms with E-state index in [0.29, 0.717) is 24.2 Å². The predicted octanol–water partition coefficient (Wildman–Crippen LogP) is 5.01. The average molecular weight is 393 g/mol. The zero-order chi connectivity index (χ0) is 21.0. The van der Waals surface area contributed by atoms with Gasteiger partial charge in [0.1, 0.15) is 0 Å². The summed E-state index contributed by atoms with van der Waals surface area (Å²) in [6.45, 7) is 9.99. The van der Waals surface area contributed by atoms with Crippen LogP contribution in [0.5, 0.6) is 6.01 Å². The standard InChI is InChI=1S/C23H28N4O2/c1-15(2)14-21(28)24-19-10-12-20(13-11-19)27-22(18-8-6-17(5)7-9-18)25-23(26-27)29-16(3)4/h6-13,15-16H,14H2,1-5H3,(H,24,28). The van der Waals surface area contributed by atoms with Crippen LogP contribution < -0.4 is 10.1 Å². The minimum Gasteiger partial charge on any atom is -0.460 e. The van der Waals surface area contributed by atoms with Gasteiger partial charge in [-0.2, -0.15) is 4.98 Å². The lowest BCUT2D eigenvalue weighted by Crippen LogP contribution is -2.13. The molecule has 0 saturated carbocycles. The summed E-state index contributed by atoms with van der Waals surface area (Å²) in [6, 6.07) is 16.0. The first kappa shape index (κ1) is 20.6. The summed E-state index contributed by atoms with van der Waals surface area (Å²) in [5.41, 5.74) is 3.74. The van der Waals surface area contributed by atoms with Crippen LogP contribution >= 0.6 is 0 Å². The predicted molar refractivity (Wildman–Crippen MR) is 115 cm³/mol. The minimum absolute atomic E-state index is 0.0152. The molecule has 152 valence electrons. The largest absolute Gasteiger partial charge is 0.460 e. The van der Waals surface area contributed by atoms with Gasteiger partial charge in [0.2, 0.25) is 5.91 Å². The zero-order valence-electron chi connectivity index (χ0n) is 17.6. The highest BCUT2D eigenvalue weighted by molar-refractivity contribution is 5.90. The Morgan fingerprint density at radius 1 is 1.03 bits per heavy atom. The maximum atomic E-state index is 12.0. The summed E-state index contributed by atoms with van der Waals surface area (Å²) >= 11 is 0. The van der Waals surface area contributed by atoms with E-state index in [1.54, 1.807) is 4.68 Å². The second-order valence-electron chi connectivity index (χ2n) is 7.86. The first-order chi connectivity index (χ1) is 13.8. The highest BCUT2D eigenvalue weighted by Crippen LogP contribution is 2.25. The normalized spacial score (nSPS) is 11.1. The van der Waals surface area contributed by atoms with Gasteiger partial charge in [-0.3, -0.25) is 4.79 Å². The van der Waals surface area contributed by atoms with Crippen molar-refractivity contribution in [1.29, 1.82) is 0 Å². The van der Waals surface area contributed by atoms with Gasteiger partial charge in [0.25, 0.3) is 0 Å². The summed E-state index contributed by atoms with van der Waals surface area (Å²) < 4.78 is 7.48. The van der Waals surface area contributed by atoms with Crippen molar-refractivity contribution in [3.8, 4) is 23.1 Å². The summed E-state index contributed by atoms with van der Waals surface area (Å²) in [5, 5.41) is 7.47. The maximum Gasteiger partial charge on any atom is 0.336 e. The number of nitrogens with zero attached hydrogens (tertiary/aromatic N) is 3. The molecule has 0 aliphatic heterocycles. The molecule has 0 unspecified atom stereocenters. The molecule has 6 heteroatoms. The van der Waals surface area contributed by atoms with Crippen LogP contribution in [0, 0.1) is 12.8 Å². The topological polar surface area (TPSA) is 69.0 Å². The van der Waals surface area contributed by atoms with Gasteiger partial charge in [-0.25, -0.2) is 4.68 Å². The minimum atomic E-state index is -0.0183. The van der Waals surface area contributed by atoms with E-state index < -0.39 is 0 Å². The fraction of sp³-hybridized carbons (Fsp3) is 0.348. The number of anilines is 1. The van der Waals surface area contributed by atoms with Crippen molar-refractivity contribution in [3.63, 3.8) is 0 Å². The van der Waals surface area contributed by atoms with Crippen molar-refractivity contribution in [2.75, 3.05) is 5.32 Å². The van der Waals surface area contributed by atoms with Crippen LogP contribution in [0.1, 0.15) is 39.7 Å². The van der Waals surface area contributed by atoms with E-state index in [1.165, 1.54) is 5.56 Å². The molecule has 2 aromatic carbocycles. The van der Waals surface area contributed by atoms with Gasteiger partial charge in [-0.05, 0) is 51.0 Å². The van der Waals surface area contributed by atoms with Crippen LogP contribution in [-0.4, -0.2) is 26.8 Å². The second-order valence-corrected chi connectivity index (χ2v) is 7.86. The Balaban J connectivity index is 1.91. The van der Waals surface area contributed by atoms with Crippen LogP contribution in [0.25, 0.3) is 17.1 Å². The van der Waals surface area contributed by atoms with E-state index in [9.17, 15) is 4.79 Å². The Morgan fingerprint density at radius 2 is 1.69 bits per heavy atom. The van der Waals surface area contributed by atoms with Crippen LogP contribution in [0.3, 0.4) is 0 Å². The molecular formula is C23H28N4O2. The van der Waals surface area contributed by atoms with E-state index in [-0.39, 0.29) is 12.0 Å². The molecule has 0 aliphatic carbocycles. The van der Waals surface area contributed by atoms with Crippen LogP contribution in [-0.2, 0) is 4.79 Å². The number of aryl methyl sites for hydroxylation is 1. The quantitative estimate of drug-likeness (QED) is 0.613. The lowest BCUT2D eigenvalue weighted by atomic mass is 10.1. The molecule has 3 aromatic rings. The van der Waals surface area contributed by atoms with Gasteiger partial charge in [-0.15, -0.1) is 5.10 Å². The van der Waals surface area contributed by atoms with Crippen molar-refractivity contribution in [1.82, 2.24) is 14.8 Å². The summed E-state index contributed by atoms with van der Waals surface area (Å²) in [5.74, 6) is 1.04. The number of rotatable bonds is 7. The van der Waals surface area contributed by atoms with Crippen LogP contribution in [0.15, 0.2) is 48.5 Å². The molecule has 3 rings (SSSR count). The zero-order valence-corrected chi connectivity index (χ0v) is 17.6. The van der Waals surface area contributed by atoms with Crippen molar-refractivity contribution < 1.29 is 9.53 Å². The highest BCUT2D eigenvalue weighted by atomic mass is 16.5. The Morgan fingerprint density at radius 3 is 2.28 bits per heavy atom. The summed E-state index contributed by atoms with van der Waals surface area (Å²) in [4.78, 5) is 16.6. The third-order valence-electron chi connectivity index (χ3n) is 4.23. The van der Waals surface area contributed by atoms with Gasteiger partial charge in [0, 0.05) is 17.7 Å². The third kappa shape index (κ3) is 5.44. The van der Waals surface area contributed by atoms with Gasteiger partial charge in [-0.1, -0.05) is 43.7 Å². The molecule has 1 N–H and O–H groups in total. The Bertz CT molecular complexity index is 958. The van der Waals surface area contributed by atoms with E-state index in [4.69, 9.17) is 4.74 Å². The number of hydrogen-bond donors (Lipinski definition) is 1. The molecule has 0 spiro atoms. The van der Waals surface area contributed by atoms with E-state index in [0.717, 1.165) is 16.9 Å². The smallest absolute Gasteiger partial charge is 0.336 e. The SMILES string of the molecule is Cc1ccc(-c2nc(OC(C)C)nn2-c2ccc(NC(=O)CC(C)C)cc2)cc1. The number of aromatic nitrogens is 3. The maximum absolute atomic E-state index is 12.0. The molecule has 1 aromatic heterocycles. The summed E-state index contributed by atoms with van der Waals surface area (Å²) in [6.07, 6.45) is 0.480. The monoisotopic (exact) mass is 392 g/mol. The first-order valence-corrected chi connectivity index (χ1v) is 9.93. The van der Waals surface area contributed by atoms with E-state index in [2.05, 4.69) is 15.4 Å². The molecule has 29 heavy (non-hydrogen) atoms. The number of benzene rings is 2. The fourth-order valence-corrected chi connectivity index (χ4v) is 2.89. The molecule has 0 saturated heterocycles. The Hall–Kier alpha value is -3.15. The molecule has 0 bridgehead atoms. The van der Waals surface area contributed by atoms with Crippen molar-refractivity contribution in [2.24, 2.45) is 5.92 Å².